The molecule has 1 saturated heterocycles. The van der Waals surface area contributed by atoms with Gasteiger partial charge in [-0.05, 0) is 38.5 Å². The highest BCUT2D eigenvalue weighted by atomic mass is 16.5. The van der Waals surface area contributed by atoms with Gasteiger partial charge >= 0.3 is 5.97 Å². The first kappa shape index (κ1) is 12.3. The third-order valence-corrected chi connectivity index (χ3v) is 2.70. The molecule has 86 valence electrons. The number of hydrogen-bond donors (Lipinski definition) is 0. The Morgan fingerprint density at radius 1 is 0.867 bits per heavy atom. The predicted octanol–water partition coefficient (Wildman–Crippen LogP) is 3.61. The van der Waals surface area contributed by atoms with Gasteiger partial charge in [-0.2, -0.15) is 0 Å². The van der Waals surface area contributed by atoms with Crippen LogP contribution in [0.1, 0.15) is 57.8 Å². The van der Waals surface area contributed by atoms with E-state index < -0.39 is 0 Å². The van der Waals surface area contributed by atoms with Crippen molar-refractivity contribution >= 4 is 5.97 Å². The molecule has 0 spiro atoms. The molecule has 1 aliphatic heterocycles. The van der Waals surface area contributed by atoms with Crippen molar-refractivity contribution in [3.63, 3.8) is 0 Å². The van der Waals surface area contributed by atoms with Crippen LogP contribution in [-0.4, -0.2) is 12.6 Å². The number of carbonyl (C=O) groups is 1. The minimum absolute atomic E-state index is 0.0359. The van der Waals surface area contributed by atoms with Gasteiger partial charge in [-0.1, -0.05) is 25.0 Å². The molecule has 0 unspecified atom stereocenters. The van der Waals surface area contributed by atoms with Crippen molar-refractivity contribution in [2.24, 2.45) is 0 Å². The molecule has 1 heterocycles. The zero-order valence-electron chi connectivity index (χ0n) is 9.54. The Balaban J connectivity index is 0.000000151. The normalized spacial score (nSPS) is 21.7. The summed E-state index contributed by atoms with van der Waals surface area (Å²) in [5.41, 5.74) is 0. The second-order valence-corrected chi connectivity index (χ2v) is 4.14. The van der Waals surface area contributed by atoms with E-state index in [1.54, 1.807) is 0 Å². The molecule has 0 aromatic heterocycles. The predicted molar refractivity (Wildman–Crippen MR) is 61.7 cm³/mol. The molecule has 0 aromatic carbocycles. The summed E-state index contributed by atoms with van der Waals surface area (Å²) in [7, 11) is 0. The van der Waals surface area contributed by atoms with Crippen LogP contribution < -0.4 is 0 Å². The summed E-state index contributed by atoms with van der Waals surface area (Å²) in [5.74, 6) is -0.0359. The van der Waals surface area contributed by atoms with Crippen LogP contribution in [0.2, 0.25) is 0 Å². The van der Waals surface area contributed by atoms with Crippen molar-refractivity contribution in [3.8, 4) is 0 Å². The highest BCUT2D eigenvalue weighted by Crippen LogP contribution is 2.09. The fraction of sp³-hybridized carbons (Fsp3) is 0.769. The molecule has 15 heavy (non-hydrogen) atoms. The molecule has 0 aromatic rings. The van der Waals surface area contributed by atoms with Crippen LogP contribution in [0.3, 0.4) is 0 Å². The van der Waals surface area contributed by atoms with Gasteiger partial charge in [-0.15, -0.1) is 0 Å². The van der Waals surface area contributed by atoms with Gasteiger partial charge in [0.15, 0.2) is 0 Å². The smallest absolute Gasteiger partial charge is 0.305 e. The SMILES string of the molecule is C1=CCCCCCC1.O=C1CCCCO1. The Hall–Kier alpha value is -0.790. The van der Waals surface area contributed by atoms with Gasteiger partial charge in [0, 0.05) is 6.42 Å². The zero-order valence-corrected chi connectivity index (χ0v) is 9.54. The molecular weight excluding hydrogens is 188 g/mol. The third-order valence-electron chi connectivity index (χ3n) is 2.70. The molecule has 2 aliphatic rings. The highest BCUT2D eigenvalue weighted by Gasteiger charge is 2.06. The first-order valence-electron chi connectivity index (χ1n) is 6.20. The second-order valence-electron chi connectivity index (χ2n) is 4.14. The number of rotatable bonds is 0. The molecule has 2 nitrogen and oxygen atoms in total. The topological polar surface area (TPSA) is 26.3 Å². The van der Waals surface area contributed by atoms with E-state index in [0.29, 0.717) is 13.0 Å². The standard InChI is InChI=1S/C8H14.C5H8O2/c1-2-4-6-8-7-5-3-1;6-5-3-1-2-4-7-5/h1-2H,3-8H2;1-4H2. The van der Waals surface area contributed by atoms with Gasteiger partial charge < -0.3 is 4.74 Å². The summed E-state index contributed by atoms with van der Waals surface area (Å²) in [4.78, 5) is 10.2. The van der Waals surface area contributed by atoms with Crippen LogP contribution in [0, 0.1) is 0 Å². The third kappa shape index (κ3) is 7.18. The lowest BCUT2D eigenvalue weighted by molar-refractivity contribution is -0.146. The zero-order chi connectivity index (χ0) is 10.8. The lowest BCUT2D eigenvalue weighted by Crippen LogP contribution is -2.10. The van der Waals surface area contributed by atoms with E-state index in [1.165, 1.54) is 38.5 Å². The summed E-state index contributed by atoms with van der Waals surface area (Å²) >= 11 is 0. The largest absolute Gasteiger partial charge is 0.466 e. The Bertz CT molecular complexity index is 179. The monoisotopic (exact) mass is 210 g/mol. The van der Waals surface area contributed by atoms with E-state index in [-0.39, 0.29) is 5.97 Å². The van der Waals surface area contributed by atoms with Crippen molar-refractivity contribution < 1.29 is 9.53 Å². The molecular formula is C13H22O2. The number of allylic oxidation sites excluding steroid dienone is 2. The van der Waals surface area contributed by atoms with Crippen molar-refractivity contribution in [1.82, 2.24) is 0 Å². The van der Waals surface area contributed by atoms with Crippen molar-refractivity contribution in [2.45, 2.75) is 57.8 Å². The average Bonchev–Trinajstić information content (AvgIpc) is 2.18. The maximum absolute atomic E-state index is 10.2. The van der Waals surface area contributed by atoms with Crippen molar-refractivity contribution in [3.05, 3.63) is 12.2 Å². The molecule has 0 saturated carbocycles. The summed E-state index contributed by atoms with van der Waals surface area (Å²) < 4.78 is 4.64. The number of ether oxygens (including phenoxy) is 1. The molecule has 0 radical (unpaired) electrons. The Morgan fingerprint density at radius 3 is 1.93 bits per heavy atom. The number of esters is 1. The Kier molecular flexibility index (Phi) is 6.97. The van der Waals surface area contributed by atoms with Gasteiger partial charge in [0.25, 0.3) is 0 Å². The summed E-state index contributed by atoms with van der Waals surface area (Å²) in [5, 5.41) is 0. The van der Waals surface area contributed by atoms with Crippen molar-refractivity contribution in [2.75, 3.05) is 6.61 Å². The number of hydrogen-bond acceptors (Lipinski definition) is 2. The Morgan fingerprint density at radius 2 is 1.53 bits per heavy atom. The summed E-state index contributed by atoms with van der Waals surface area (Å²) in [6, 6.07) is 0. The molecule has 0 bridgehead atoms. The molecule has 2 heteroatoms. The highest BCUT2D eigenvalue weighted by molar-refractivity contribution is 5.69. The van der Waals surface area contributed by atoms with Gasteiger partial charge in [0.2, 0.25) is 0 Å². The Labute approximate surface area is 92.7 Å². The summed E-state index contributed by atoms with van der Waals surface area (Å²) in [6.07, 6.45) is 15.7. The quantitative estimate of drug-likeness (QED) is 0.451. The van der Waals surface area contributed by atoms with Crippen LogP contribution in [-0.2, 0) is 9.53 Å². The van der Waals surface area contributed by atoms with E-state index in [9.17, 15) is 4.79 Å². The minimum atomic E-state index is -0.0359. The van der Waals surface area contributed by atoms with E-state index in [4.69, 9.17) is 0 Å². The maximum atomic E-state index is 10.2. The molecule has 0 amide bonds. The van der Waals surface area contributed by atoms with Crippen LogP contribution in [0.15, 0.2) is 12.2 Å². The maximum Gasteiger partial charge on any atom is 0.305 e. The van der Waals surface area contributed by atoms with Crippen molar-refractivity contribution in [1.29, 1.82) is 0 Å². The molecule has 1 aliphatic carbocycles. The van der Waals surface area contributed by atoms with E-state index in [1.807, 2.05) is 0 Å². The van der Waals surface area contributed by atoms with Gasteiger partial charge in [-0.3, -0.25) is 4.79 Å². The van der Waals surface area contributed by atoms with Gasteiger partial charge in [-0.25, -0.2) is 0 Å². The molecule has 0 N–H and O–H groups in total. The van der Waals surface area contributed by atoms with Crippen LogP contribution in [0.4, 0.5) is 0 Å². The van der Waals surface area contributed by atoms with E-state index >= 15 is 0 Å². The van der Waals surface area contributed by atoms with Gasteiger partial charge in [0.05, 0.1) is 6.61 Å². The van der Waals surface area contributed by atoms with Crippen LogP contribution in [0.5, 0.6) is 0 Å². The van der Waals surface area contributed by atoms with E-state index in [2.05, 4.69) is 16.9 Å². The lowest BCUT2D eigenvalue weighted by Gasteiger charge is -2.08. The first-order valence-corrected chi connectivity index (χ1v) is 6.20. The molecule has 0 atom stereocenters. The lowest BCUT2D eigenvalue weighted by atomic mass is 10.1. The van der Waals surface area contributed by atoms with Crippen LogP contribution >= 0.6 is 0 Å². The number of carbonyl (C=O) groups excluding carboxylic acids is 1. The average molecular weight is 210 g/mol. The number of cyclic esters (lactones) is 1. The fourth-order valence-corrected chi connectivity index (χ4v) is 1.74. The molecule has 2 rings (SSSR count). The second kappa shape index (κ2) is 8.51. The molecule has 1 fully saturated rings. The summed E-state index contributed by atoms with van der Waals surface area (Å²) in [6.45, 7) is 0.638. The fourth-order valence-electron chi connectivity index (χ4n) is 1.74. The van der Waals surface area contributed by atoms with Crippen LogP contribution in [0.25, 0.3) is 0 Å². The minimum Gasteiger partial charge on any atom is -0.466 e. The first-order chi connectivity index (χ1) is 7.39. The van der Waals surface area contributed by atoms with E-state index in [0.717, 1.165) is 12.8 Å². The van der Waals surface area contributed by atoms with Gasteiger partial charge in [0.1, 0.15) is 0 Å².